The van der Waals surface area contributed by atoms with E-state index in [1.165, 1.54) is 20.3 Å². The first-order valence-electron chi connectivity index (χ1n) is 10.7. The Balaban J connectivity index is 2.35. The van der Waals surface area contributed by atoms with Crippen LogP contribution in [0.1, 0.15) is 25.3 Å². The van der Waals surface area contributed by atoms with E-state index < -0.39 is 23.1 Å². The average Bonchev–Trinajstić information content (AvgIpc) is 3.15. The summed E-state index contributed by atoms with van der Waals surface area (Å²) in [5, 5.41) is 12.4. The molecule has 0 aliphatic rings. The van der Waals surface area contributed by atoms with E-state index in [1.54, 1.807) is 18.2 Å². The Morgan fingerprint density at radius 2 is 1.97 bits per heavy atom. The Hall–Kier alpha value is -3.97. The Morgan fingerprint density at radius 3 is 2.60 bits per heavy atom. The molecule has 0 bridgehead atoms. The van der Waals surface area contributed by atoms with Crippen LogP contribution in [0.3, 0.4) is 0 Å². The van der Waals surface area contributed by atoms with Gasteiger partial charge < -0.3 is 14.8 Å². The van der Waals surface area contributed by atoms with Crippen LogP contribution in [-0.2, 0) is 4.79 Å². The number of nitrogens with one attached hydrogen (secondary N) is 1. The third kappa shape index (κ3) is 5.58. The number of halogens is 2. The number of carbonyl (C=O) groups excluding carboxylic acids is 1. The standard InChI is InChI=1S/C25H23F2N3O4S/c1-4-5-10-29-23(31)18(14-28)25-30(20-9-7-16(26)12-19(20)27)24(32)22(35-25)11-15-6-8-17(33-2)13-21(15)34-3/h6-9,11-13H,4-5,10H2,1-3H3,(H,29,31)/b22-11-,25-18-. The summed E-state index contributed by atoms with van der Waals surface area (Å²) in [7, 11) is 2.96. The minimum Gasteiger partial charge on any atom is -0.497 e. The monoisotopic (exact) mass is 499 g/mol. The van der Waals surface area contributed by atoms with E-state index in [2.05, 4.69) is 5.32 Å². The third-order valence-electron chi connectivity index (χ3n) is 5.07. The number of ether oxygens (including phenoxy) is 2. The van der Waals surface area contributed by atoms with Gasteiger partial charge in [-0.1, -0.05) is 13.3 Å². The average molecular weight is 500 g/mol. The summed E-state index contributed by atoms with van der Waals surface area (Å²) in [5.74, 6) is -1.57. The number of aromatic nitrogens is 1. The summed E-state index contributed by atoms with van der Waals surface area (Å²) in [6, 6.07) is 9.53. The number of nitrogens with zero attached hydrogens (tertiary/aromatic N) is 2. The fourth-order valence-electron chi connectivity index (χ4n) is 3.27. The van der Waals surface area contributed by atoms with E-state index in [0.29, 0.717) is 36.1 Å². The van der Waals surface area contributed by atoms with E-state index in [4.69, 9.17) is 9.47 Å². The van der Waals surface area contributed by atoms with Crippen LogP contribution in [0.25, 0.3) is 17.3 Å². The topological polar surface area (TPSA) is 93.4 Å². The van der Waals surface area contributed by atoms with Gasteiger partial charge in [0.25, 0.3) is 11.5 Å². The summed E-state index contributed by atoms with van der Waals surface area (Å²) >= 11 is 0.845. The van der Waals surface area contributed by atoms with Crippen molar-refractivity contribution in [2.75, 3.05) is 20.8 Å². The fourth-order valence-corrected chi connectivity index (χ4v) is 4.36. The predicted molar refractivity (Wildman–Crippen MR) is 129 cm³/mol. The van der Waals surface area contributed by atoms with Crippen molar-refractivity contribution in [1.29, 1.82) is 5.26 Å². The van der Waals surface area contributed by atoms with Gasteiger partial charge in [-0.15, -0.1) is 11.3 Å². The van der Waals surface area contributed by atoms with Gasteiger partial charge in [0, 0.05) is 24.2 Å². The first-order chi connectivity index (χ1) is 16.8. The highest BCUT2D eigenvalue weighted by Crippen LogP contribution is 2.25. The van der Waals surface area contributed by atoms with Crippen molar-refractivity contribution in [1.82, 2.24) is 9.88 Å². The molecule has 0 atom stereocenters. The van der Waals surface area contributed by atoms with Gasteiger partial charge in [0.2, 0.25) is 0 Å². The lowest BCUT2D eigenvalue weighted by Gasteiger charge is -2.07. The number of thiazole rings is 1. The van der Waals surface area contributed by atoms with E-state index >= 15 is 0 Å². The molecule has 35 heavy (non-hydrogen) atoms. The molecule has 3 aromatic rings. The van der Waals surface area contributed by atoms with Crippen LogP contribution in [0.15, 0.2) is 41.2 Å². The molecule has 7 nitrogen and oxygen atoms in total. The van der Waals surface area contributed by atoms with Crippen LogP contribution in [0.2, 0.25) is 0 Å². The molecule has 0 saturated heterocycles. The largest absolute Gasteiger partial charge is 0.497 e. The maximum atomic E-state index is 14.7. The maximum absolute atomic E-state index is 14.7. The van der Waals surface area contributed by atoms with Crippen molar-refractivity contribution in [3.05, 3.63) is 73.1 Å². The van der Waals surface area contributed by atoms with Crippen molar-refractivity contribution < 1.29 is 23.0 Å². The highest BCUT2D eigenvalue weighted by Gasteiger charge is 2.19. The number of unbranched alkanes of at least 4 members (excludes halogenated alkanes) is 1. The van der Waals surface area contributed by atoms with E-state index in [9.17, 15) is 23.6 Å². The molecule has 0 aliphatic carbocycles. The number of methoxy groups -OCH3 is 2. The number of hydrogen-bond acceptors (Lipinski definition) is 6. The Labute approximate surface area is 204 Å². The molecule has 0 unspecified atom stereocenters. The Bertz CT molecular complexity index is 1470. The fraction of sp³-hybridized carbons (Fsp3) is 0.240. The van der Waals surface area contributed by atoms with Crippen LogP contribution in [-0.4, -0.2) is 31.2 Å². The lowest BCUT2D eigenvalue weighted by atomic mass is 10.2. The predicted octanol–water partition coefficient (Wildman–Crippen LogP) is 2.61. The molecule has 182 valence electrons. The van der Waals surface area contributed by atoms with Crippen LogP contribution >= 0.6 is 11.3 Å². The van der Waals surface area contributed by atoms with Crippen molar-refractivity contribution in [3.63, 3.8) is 0 Å². The molecule has 0 saturated carbocycles. The van der Waals surface area contributed by atoms with E-state index in [-0.39, 0.29) is 20.5 Å². The number of nitriles is 1. The lowest BCUT2D eigenvalue weighted by Crippen LogP contribution is -2.34. The van der Waals surface area contributed by atoms with Gasteiger partial charge in [-0.2, -0.15) is 5.26 Å². The van der Waals surface area contributed by atoms with Crippen LogP contribution in [0.4, 0.5) is 8.78 Å². The number of hydrogen-bond donors (Lipinski definition) is 1. The quantitative estimate of drug-likeness (QED) is 0.481. The summed E-state index contributed by atoms with van der Waals surface area (Å²) in [5.41, 5.74) is -0.787. The summed E-state index contributed by atoms with van der Waals surface area (Å²) in [6.45, 7) is 2.29. The first kappa shape index (κ1) is 25.6. The van der Waals surface area contributed by atoms with Crippen molar-refractivity contribution in [3.8, 4) is 23.3 Å². The zero-order chi connectivity index (χ0) is 25.5. The zero-order valence-corrected chi connectivity index (χ0v) is 20.2. The molecule has 1 N–H and O–H groups in total. The van der Waals surface area contributed by atoms with E-state index in [1.807, 2.05) is 13.0 Å². The van der Waals surface area contributed by atoms with Gasteiger partial charge >= 0.3 is 0 Å². The molecular formula is C25H23F2N3O4S. The zero-order valence-electron chi connectivity index (χ0n) is 19.4. The number of rotatable bonds is 8. The van der Waals surface area contributed by atoms with Gasteiger partial charge in [-0.05, 0) is 36.8 Å². The molecule has 3 rings (SSSR count). The summed E-state index contributed by atoms with van der Waals surface area (Å²) < 4.78 is 39.8. The molecule has 1 amide bonds. The smallest absolute Gasteiger partial charge is 0.273 e. The van der Waals surface area contributed by atoms with Gasteiger partial charge in [0.1, 0.15) is 33.9 Å². The number of carbonyl (C=O) groups is 1. The van der Waals surface area contributed by atoms with E-state index in [0.717, 1.165) is 34.5 Å². The maximum Gasteiger partial charge on any atom is 0.273 e. The second-order valence-electron chi connectivity index (χ2n) is 7.36. The van der Waals surface area contributed by atoms with Gasteiger partial charge in [0.15, 0.2) is 5.57 Å². The molecule has 1 aromatic heterocycles. The number of amides is 1. The van der Waals surface area contributed by atoms with Crippen molar-refractivity contribution in [2.45, 2.75) is 19.8 Å². The molecule has 0 aliphatic heterocycles. The second-order valence-corrected chi connectivity index (χ2v) is 8.39. The van der Waals surface area contributed by atoms with Crippen LogP contribution in [0.5, 0.6) is 11.5 Å². The molecule has 1 heterocycles. The van der Waals surface area contributed by atoms with Gasteiger partial charge in [-0.25, -0.2) is 8.78 Å². The van der Waals surface area contributed by atoms with Crippen LogP contribution in [0, 0.1) is 23.0 Å². The first-order valence-corrected chi connectivity index (χ1v) is 11.5. The molecule has 0 spiro atoms. The van der Waals surface area contributed by atoms with Crippen molar-refractivity contribution in [2.24, 2.45) is 0 Å². The van der Waals surface area contributed by atoms with Gasteiger partial charge in [0.05, 0.1) is 24.4 Å². The van der Waals surface area contributed by atoms with Gasteiger partial charge in [-0.3, -0.25) is 14.2 Å². The minimum atomic E-state index is -1.01. The highest BCUT2D eigenvalue weighted by molar-refractivity contribution is 7.07. The molecule has 10 heteroatoms. The Morgan fingerprint density at radius 1 is 1.20 bits per heavy atom. The normalized spacial score (nSPS) is 12.2. The summed E-state index contributed by atoms with van der Waals surface area (Å²) in [4.78, 5) is 26.2. The van der Waals surface area contributed by atoms with Crippen molar-refractivity contribution >= 4 is 28.9 Å². The highest BCUT2D eigenvalue weighted by atomic mass is 32.1. The van der Waals surface area contributed by atoms with Crippen LogP contribution < -0.4 is 29.5 Å². The SMILES string of the molecule is CCCCNC(=O)/C(C#N)=c1\s/c(=C\c2ccc(OC)cc2OC)c(=O)n1-c1ccc(F)cc1F. The molecular weight excluding hydrogens is 476 g/mol. The minimum absolute atomic E-state index is 0.0734. The molecule has 0 radical (unpaired) electrons. The molecule has 0 fully saturated rings. The Kier molecular flexibility index (Phi) is 8.39. The third-order valence-corrected chi connectivity index (χ3v) is 6.16. The lowest BCUT2D eigenvalue weighted by molar-refractivity contribution is -0.115. The molecule has 2 aromatic carbocycles. The second kappa shape index (κ2) is 11.4. The number of benzene rings is 2. The summed E-state index contributed by atoms with van der Waals surface area (Å²) in [6.07, 6.45) is 3.04.